The number of hydrogen-bond acceptors (Lipinski definition) is 10. The van der Waals surface area contributed by atoms with Crippen LogP contribution in [0.25, 0.3) is 16.7 Å². The highest BCUT2D eigenvalue weighted by Gasteiger charge is 2.47. The monoisotopic (exact) mass is 778 g/mol. The topological polar surface area (TPSA) is 168 Å². The van der Waals surface area contributed by atoms with Crippen LogP contribution in [0.4, 0.5) is 15.8 Å². The van der Waals surface area contributed by atoms with Crippen LogP contribution in [0.5, 0.6) is 5.75 Å². The number of rotatable bonds is 9. The van der Waals surface area contributed by atoms with E-state index in [-0.39, 0.29) is 62.1 Å². The summed E-state index contributed by atoms with van der Waals surface area (Å²) in [6.45, 7) is 5.96. The average molecular weight is 779 g/mol. The van der Waals surface area contributed by atoms with Crippen LogP contribution in [0.15, 0.2) is 59.8 Å². The number of piperidine rings is 2. The number of ether oxygens (including phenoxy) is 1. The van der Waals surface area contributed by atoms with Crippen LogP contribution in [-0.2, 0) is 23.2 Å². The predicted octanol–water partition coefficient (Wildman–Crippen LogP) is 3.05. The molecule has 0 saturated carbocycles. The van der Waals surface area contributed by atoms with Gasteiger partial charge in [-0.05, 0) is 69.0 Å². The number of fused-ring (bicyclic) bond motifs is 3. The first-order valence-electron chi connectivity index (χ1n) is 19.3. The molecular weight excluding hydrogens is 736 g/mol. The number of aromatic nitrogens is 5. The summed E-state index contributed by atoms with van der Waals surface area (Å²) in [5.41, 5.74) is 2.60. The molecular formula is C40H43FN10O6. The van der Waals surface area contributed by atoms with Gasteiger partial charge < -0.3 is 19.9 Å². The molecule has 4 aliphatic heterocycles. The molecule has 3 aromatic heterocycles. The van der Waals surface area contributed by atoms with Gasteiger partial charge >= 0.3 is 5.69 Å². The SMILES string of the molecule is CC(C)Oc1cc2c(cc1NC(=O)c1cnn3cccnc13)CN(C1CCN(CC3(F)CN(c4cccc5c4n(C)c(=O)n5C4CCC(=O)NC4=O)C3)CC1)C2=O. The summed E-state index contributed by atoms with van der Waals surface area (Å²) in [5.74, 6) is -0.932. The molecule has 0 spiro atoms. The lowest BCUT2D eigenvalue weighted by Crippen LogP contribution is -2.64. The summed E-state index contributed by atoms with van der Waals surface area (Å²) < 4.78 is 26.8. The number of aryl methyl sites for hydroxylation is 1. The van der Waals surface area contributed by atoms with Gasteiger partial charge in [0.25, 0.3) is 11.8 Å². The third kappa shape index (κ3) is 6.39. The maximum absolute atomic E-state index is 16.3. The number of nitrogens with zero attached hydrogens (tertiary/aromatic N) is 8. The van der Waals surface area contributed by atoms with E-state index in [1.54, 1.807) is 43.7 Å². The van der Waals surface area contributed by atoms with Crippen LogP contribution in [-0.4, -0.2) is 108 Å². The first-order chi connectivity index (χ1) is 27.4. The zero-order valence-corrected chi connectivity index (χ0v) is 31.9. The van der Waals surface area contributed by atoms with Gasteiger partial charge in [-0.25, -0.2) is 18.7 Å². The van der Waals surface area contributed by atoms with E-state index >= 15 is 4.39 Å². The van der Waals surface area contributed by atoms with E-state index in [1.807, 2.05) is 35.8 Å². The smallest absolute Gasteiger partial charge is 0.329 e. The molecule has 16 nitrogen and oxygen atoms in total. The molecule has 7 heterocycles. The minimum absolute atomic E-state index is 0.0285. The molecule has 57 heavy (non-hydrogen) atoms. The van der Waals surface area contributed by atoms with Gasteiger partial charge in [-0.15, -0.1) is 0 Å². The molecule has 3 saturated heterocycles. The third-order valence-corrected chi connectivity index (χ3v) is 11.6. The fourth-order valence-electron chi connectivity index (χ4n) is 8.89. The molecule has 3 fully saturated rings. The van der Waals surface area contributed by atoms with Gasteiger partial charge in [0.2, 0.25) is 11.8 Å². The molecule has 0 bridgehead atoms. The highest BCUT2D eigenvalue weighted by Crippen LogP contribution is 2.39. The summed E-state index contributed by atoms with van der Waals surface area (Å²) in [6.07, 6.45) is 6.34. The minimum Gasteiger partial charge on any atom is -0.489 e. The van der Waals surface area contributed by atoms with Gasteiger partial charge in [0.15, 0.2) is 11.3 Å². The zero-order chi connectivity index (χ0) is 39.7. The molecule has 9 rings (SSSR count). The van der Waals surface area contributed by atoms with E-state index in [4.69, 9.17) is 4.74 Å². The third-order valence-electron chi connectivity index (χ3n) is 11.6. The minimum atomic E-state index is -1.47. The second-order valence-corrected chi connectivity index (χ2v) is 15.8. The van der Waals surface area contributed by atoms with Gasteiger partial charge in [0, 0.05) is 63.6 Å². The number of para-hydroxylation sites is 1. The summed E-state index contributed by atoms with van der Waals surface area (Å²) in [7, 11) is 1.64. The molecule has 296 valence electrons. The van der Waals surface area contributed by atoms with E-state index in [1.165, 1.54) is 19.8 Å². The lowest BCUT2D eigenvalue weighted by atomic mass is 9.92. The number of nitrogens with one attached hydrogen (secondary N) is 2. The van der Waals surface area contributed by atoms with Crippen LogP contribution in [0.1, 0.15) is 71.9 Å². The maximum atomic E-state index is 16.3. The molecule has 2 N–H and O–H groups in total. The molecule has 0 aliphatic carbocycles. The first kappa shape index (κ1) is 36.5. The number of benzene rings is 2. The van der Waals surface area contributed by atoms with Crippen molar-refractivity contribution in [1.82, 2.24) is 38.8 Å². The van der Waals surface area contributed by atoms with Crippen molar-refractivity contribution in [3.63, 3.8) is 0 Å². The van der Waals surface area contributed by atoms with Crippen LogP contribution in [0, 0.1) is 0 Å². The van der Waals surface area contributed by atoms with Crippen molar-refractivity contribution in [1.29, 1.82) is 0 Å². The van der Waals surface area contributed by atoms with Crippen molar-refractivity contribution in [3.8, 4) is 5.75 Å². The average Bonchev–Trinajstić information content (AvgIpc) is 3.82. The van der Waals surface area contributed by atoms with Gasteiger partial charge in [0.05, 0.1) is 47.8 Å². The largest absolute Gasteiger partial charge is 0.489 e. The van der Waals surface area contributed by atoms with Crippen LogP contribution < -0.4 is 26.0 Å². The zero-order valence-electron chi connectivity index (χ0n) is 31.9. The van der Waals surface area contributed by atoms with E-state index in [2.05, 4.69) is 25.6 Å². The van der Waals surface area contributed by atoms with Crippen molar-refractivity contribution in [2.45, 2.75) is 69.9 Å². The van der Waals surface area contributed by atoms with Crippen molar-refractivity contribution in [3.05, 3.63) is 82.2 Å². The Labute approximate surface area is 326 Å². The van der Waals surface area contributed by atoms with Crippen LogP contribution in [0.2, 0.25) is 0 Å². The fourth-order valence-corrected chi connectivity index (χ4v) is 8.89. The highest BCUT2D eigenvalue weighted by atomic mass is 19.1. The summed E-state index contributed by atoms with van der Waals surface area (Å²) in [4.78, 5) is 75.3. The molecule has 2 aromatic carbocycles. The van der Waals surface area contributed by atoms with Crippen molar-refractivity contribution in [2.24, 2.45) is 7.05 Å². The van der Waals surface area contributed by atoms with E-state index in [9.17, 15) is 24.0 Å². The lowest BCUT2D eigenvalue weighted by Gasteiger charge is -2.49. The molecule has 1 unspecified atom stereocenters. The molecule has 5 aromatic rings. The Morgan fingerprint density at radius 3 is 2.63 bits per heavy atom. The Morgan fingerprint density at radius 2 is 1.88 bits per heavy atom. The van der Waals surface area contributed by atoms with Crippen molar-refractivity contribution < 1.29 is 28.3 Å². The Morgan fingerprint density at radius 1 is 1.09 bits per heavy atom. The van der Waals surface area contributed by atoms with Crippen molar-refractivity contribution in [2.75, 3.05) is 42.9 Å². The fraction of sp³-hybridized carbons (Fsp3) is 0.425. The maximum Gasteiger partial charge on any atom is 0.329 e. The number of anilines is 2. The molecule has 1 atom stereocenters. The number of amides is 4. The van der Waals surface area contributed by atoms with E-state index in [0.717, 1.165) is 11.3 Å². The van der Waals surface area contributed by atoms with Gasteiger partial charge in [-0.1, -0.05) is 6.07 Å². The second kappa shape index (κ2) is 13.8. The molecule has 17 heteroatoms. The summed E-state index contributed by atoms with van der Waals surface area (Å²) >= 11 is 0. The summed E-state index contributed by atoms with van der Waals surface area (Å²) in [6, 6.07) is 9.87. The van der Waals surface area contributed by atoms with E-state index in [0.29, 0.717) is 71.7 Å². The summed E-state index contributed by atoms with van der Waals surface area (Å²) in [5, 5.41) is 9.51. The standard InChI is InChI=1S/C40H43FN10O6/c1-23(2)57-32-17-26-24(16-28(32)44-36(53)27-18-43-50-13-5-12-42-35(27)50)19-49(38(26)55)25-10-14-47(15-11-25)20-40(41)21-48(22-40)29-6-4-7-30-34(29)46(3)39(56)51(30)31-8-9-33(52)45-37(31)54/h4-7,12-13,16-18,23,25,31H,8-11,14-15,19-22H2,1-3H3,(H,44,53)(H,45,52,54). The molecule has 4 aliphatic rings. The normalized spacial score (nSPS) is 20.0. The Kier molecular flexibility index (Phi) is 8.86. The first-order valence-corrected chi connectivity index (χ1v) is 19.3. The Hall–Kier alpha value is -6.10. The van der Waals surface area contributed by atoms with Gasteiger partial charge in [-0.2, -0.15) is 5.10 Å². The van der Waals surface area contributed by atoms with E-state index < -0.39 is 23.5 Å². The molecule has 0 radical (unpaired) electrons. The Balaban J connectivity index is 0.842. The quantitative estimate of drug-likeness (QED) is 0.212. The predicted molar refractivity (Wildman–Crippen MR) is 207 cm³/mol. The number of hydrogen-bond donors (Lipinski definition) is 2. The number of halogens is 1. The van der Waals surface area contributed by atoms with Gasteiger partial charge in [0.1, 0.15) is 17.4 Å². The highest BCUT2D eigenvalue weighted by molar-refractivity contribution is 6.09. The van der Waals surface area contributed by atoms with Crippen LogP contribution in [0.3, 0.4) is 0 Å². The second-order valence-electron chi connectivity index (χ2n) is 15.8. The molecule has 4 amide bonds. The number of likely N-dealkylation sites (tertiary alicyclic amines) is 1. The van der Waals surface area contributed by atoms with Crippen molar-refractivity contribution >= 4 is 51.7 Å². The number of imidazole rings is 1. The number of carbonyl (C=O) groups excluding carboxylic acids is 4. The number of imide groups is 1. The number of alkyl halides is 1. The van der Waals surface area contributed by atoms with Gasteiger partial charge in [-0.3, -0.25) is 38.5 Å². The van der Waals surface area contributed by atoms with Crippen LogP contribution >= 0.6 is 0 Å². The Bertz CT molecular complexity index is 2530. The lowest BCUT2D eigenvalue weighted by molar-refractivity contribution is -0.135. The number of carbonyl (C=O) groups is 4.